The van der Waals surface area contributed by atoms with E-state index in [1.165, 1.54) is 0 Å². The van der Waals surface area contributed by atoms with E-state index in [1.54, 1.807) is 44.2 Å². The number of esters is 1. The van der Waals surface area contributed by atoms with Crippen molar-refractivity contribution < 1.29 is 14.3 Å². The first-order valence-corrected chi connectivity index (χ1v) is 7.23. The van der Waals surface area contributed by atoms with Gasteiger partial charge in [-0.1, -0.05) is 23.2 Å². The van der Waals surface area contributed by atoms with Crippen molar-refractivity contribution in [3.05, 3.63) is 62.9 Å². The molecule has 22 heavy (non-hydrogen) atoms. The zero-order valence-electron chi connectivity index (χ0n) is 12.0. The first kappa shape index (κ1) is 16.5. The maximum absolute atomic E-state index is 12.1. The number of ketones is 1. The van der Waals surface area contributed by atoms with Gasteiger partial charge in [0.05, 0.1) is 5.56 Å². The molecular formula is C16H13Cl2NO3. The maximum atomic E-state index is 12.1. The summed E-state index contributed by atoms with van der Waals surface area (Å²) >= 11 is 11.7. The second kappa shape index (κ2) is 6.90. The lowest BCUT2D eigenvalue weighted by Gasteiger charge is -2.09. The smallest absolute Gasteiger partial charge is 0.342 e. The number of Topliss-reactive ketones (excluding diaryl/α,β-unsaturated/α-hetero) is 1. The highest BCUT2D eigenvalue weighted by molar-refractivity contribution is 6.32. The average Bonchev–Trinajstić information content (AvgIpc) is 2.44. The third-order valence-corrected chi connectivity index (χ3v) is 3.53. The highest BCUT2D eigenvalue weighted by Gasteiger charge is 2.18. The van der Waals surface area contributed by atoms with Gasteiger partial charge < -0.3 is 4.74 Å². The SMILES string of the molecule is Cc1cc(C)c(C(=O)OCC(=O)c2ccc(Cl)cc2)c(Cl)n1. The summed E-state index contributed by atoms with van der Waals surface area (Å²) in [6.07, 6.45) is 0. The fourth-order valence-corrected chi connectivity index (χ4v) is 2.44. The Morgan fingerprint density at radius 3 is 2.36 bits per heavy atom. The number of ether oxygens (including phenoxy) is 1. The maximum Gasteiger partial charge on any atom is 0.342 e. The van der Waals surface area contributed by atoms with E-state index in [1.807, 2.05) is 0 Å². The molecule has 114 valence electrons. The molecule has 0 aliphatic carbocycles. The highest BCUT2D eigenvalue weighted by Crippen LogP contribution is 2.20. The van der Waals surface area contributed by atoms with Gasteiger partial charge in [-0.2, -0.15) is 0 Å². The summed E-state index contributed by atoms with van der Waals surface area (Å²) in [6, 6.07) is 8.07. The Morgan fingerprint density at radius 1 is 1.14 bits per heavy atom. The van der Waals surface area contributed by atoms with Gasteiger partial charge in [0.25, 0.3) is 0 Å². The van der Waals surface area contributed by atoms with Gasteiger partial charge in [-0.25, -0.2) is 9.78 Å². The van der Waals surface area contributed by atoms with Crippen molar-refractivity contribution in [3.8, 4) is 0 Å². The van der Waals surface area contributed by atoms with Gasteiger partial charge in [-0.05, 0) is 49.7 Å². The van der Waals surface area contributed by atoms with Gasteiger partial charge in [-0.3, -0.25) is 4.79 Å². The molecule has 1 heterocycles. The van der Waals surface area contributed by atoms with Gasteiger partial charge in [0.15, 0.2) is 12.4 Å². The van der Waals surface area contributed by atoms with Crippen LogP contribution in [0.15, 0.2) is 30.3 Å². The summed E-state index contributed by atoms with van der Waals surface area (Å²) in [6.45, 7) is 3.14. The van der Waals surface area contributed by atoms with Gasteiger partial charge in [-0.15, -0.1) is 0 Å². The van der Waals surface area contributed by atoms with E-state index in [4.69, 9.17) is 27.9 Å². The van der Waals surface area contributed by atoms with Crippen LogP contribution in [0.25, 0.3) is 0 Å². The van der Waals surface area contributed by atoms with Crippen LogP contribution in [0, 0.1) is 13.8 Å². The zero-order valence-corrected chi connectivity index (χ0v) is 13.5. The minimum atomic E-state index is -0.669. The van der Waals surface area contributed by atoms with Crippen LogP contribution in [0.4, 0.5) is 0 Å². The predicted octanol–water partition coefficient (Wildman–Crippen LogP) is 4.04. The normalized spacial score (nSPS) is 10.4. The van der Waals surface area contributed by atoms with E-state index in [9.17, 15) is 9.59 Å². The molecule has 0 saturated heterocycles. The number of nitrogens with zero attached hydrogens (tertiary/aromatic N) is 1. The molecule has 0 amide bonds. The second-order valence-corrected chi connectivity index (χ2v) is 5.55. The number of hydrogen-bond acceptors (Lipinski definition) is 4. The fraction of sp³-hybridized carbons (Fsp3) is 0.188. The Labute approximate surface area is 138 Å². The Morgan fingerprint density at radius 2 is 1.77 bits per heavy atom. The van der Waals surface area contributed by atoms with Crippen LogP contribution < -0.4 is 0 Å². The molecule has 0 unspecified atom stereocenters. The Balaban J connectivity index is 2.07. The largest absolute Gasteiger partial charge is 0.454 e. The Hall–Kier alpha value is -1.91. The molecule has 1 aromatic heterocycles. The molecule has 6 heteroatoms. The van der Waals surface area contributed by atoms with Crippen molar-refractivity contribution in [1.29, 1.82) is 0 Å². The van der Waals surface area contributed by atoms with Crippen molar-refractivity contribution in [1.82, 2.24) is 4.98 Å². The van der Waals surface area contributed by atoms with Crippen molar-refractivity contribution in [3.63, 3.8) is 0 Å². The lowest BCUT2D eigenvalue weighted by molar-refractivity contribution is 0.0473. The molecule has 0 N–H and O–H groups in total. The van der Waals surface area contributed by atoms with Gasteiger partial charge in [0.2, 0.25) is 0 Å². The summed E-state index contributed by atoms with van der Waals surface area (Å²) in [4.78, 5) is 28.0. The van der Waals surface area contributed by atoms with Crippen LogP contribution in [0.2, 0.25) is 10.2 Å². The molecule has 0 aliphatic heterocycles. The van der Waals surface area contributed by atoms with Gasteiger partial charge >= 0.3 is 5.97 Å². The van der Waals surface area contributed by atoms with Crippen molar-refractivity contribution in [2.24, 2.45) is 0 Å². The van der Waals surface area contributed by atoms with E-state index >= 15 is 0 Å². The molecule has 4 nitrogen and oxygen atoms in total. The number of carbonyl (C=O) groups excluding carboxylic acids is 2. The van der Waals surface area contributed by atoms with E-state index in [2.05, 4.69) is 4.98 Å². The molecule has 0 saturated carbocycles. The van der Waals surface area contributed by atoms with E-state index in [0.717, 1.165) is 0 Å². The van der Waals surface area contributed by atoms with E-state index < -0.39 is 5.97 Å². The molecule has 0 radical (unpaired) electrons. The summed E-state index contributed by atoms with van der Waals surface area (Å²) in [7, 11) is 0. The number of aryl methyl sites for hydroxylation is 2. The number of aromatic nitrogens is 1. The third-order valence-electron chi connectivity index (χ3n) is 3.01. The minimum Gasteiger partial charge on any atom is -0.454 e. The fourth-order valence-electron chi connectivity index (χ4n) is 1.96. The van der Waals surface area contributed by atoms with Crippen molar-refractivity contribution >= 4 is 35.0 Å². The lowest BCUT2D eigenvalue weighted by atomic mass is 10.1. The van der Waals surface area contributed by atoms with Gasteiger partial charge in [0.1, 0.15) is 5.15 Å². The molecule has 0 bridgehead atoms. The number of pyridine rings is 1. The number of benzene rings is 1. The third kappa shape index (κ3) is 3.84. The Bertz CT molecular complexity index is 704. The highest BCUT2D eigenvalue weighted by atomic mass is 35.5. The molecule has 2 rings (SSSR count). The Kier molecular flexibility index (Phi) is 5.16. The van der Waals surface area contributed by atoms with Crippen LogP contribution >= 0.6 is 23.2 Å². The summed E-state index contributed by atoms with van der Waals surface area (Å²) in [5, 5.41) is 0.600. The molecule has 0 aliphatic rings. The lowest BCUT2D eigenvalue weighted by Crippen LogP contribution is -2.16. The summed E-state index contributed by atoms with van der Waals surface area (Å²) in [5.41, 5.74) is 1.95. The molecule has 0 fully saturated rings. The molecule has 0 spiro atoms. The average molecular weight is 338 g/mol. The van der Waals surface area contributed by atoms with E-state index in [-0.39, 0.29) is 23.1 Å². The van der Waals surface area contributed by atoms with Crippen LogP contribution in [0.5, 0.6) is 0 Å². The predicted molar refractivity (Wildman–Crippen MR) is 84.8 cm³/mol. The standard InChI is InChI=1S/C16H13Cl2NO3/c1-9-7-10(2)19-15(18)14(9)16(21)22-8-13(20)11-3-5-12(17)6-4-11/h3-7H,8H2,1-2H3. The van der Waals surface area contributed by atoms with Crippen LogP contribution in [0.3, 0.4) is 0 Å². The monoisotopic (exact) mass is 337 g/mol. The molecule has 1 aromatic carbocycles. The minimum absolute atomic E-state index is 0.0708. The summed E-state index contributed by atoms with van der Waals surface area (Å²) in [5.74, 6) is -0.990. The topological polar surface area (TPSA) is 56.3 Å². The number of rotatable bonds is 4. The van der Waals surface area contributed by atoms with Gasteiger partial charge in [0, 0.05) is 16.3 Å². The quantitative estimate of drug-likeness (QED) is 0.480. The zero-order chi connectivity index (χ0) is 16.3. The second-order valence-electron chi connectivity index (χ2n) is 4.75. The van der Waals surface area contributed by atoms with Crippen LogP contribution in [-0.4, -0.2) is 23.3 Å². The van der Waals surface area contributed by atoms with Crippen molar-refractivity contribution in [2.75, 3.05) is 6.61 Å². The molecule has 0 atom stereocenters. The molecular weight excluding hydrogens is 325 g/mol. The number of halogens is 2. The van der Waals surface area contributed by atoms with E-state index in [0.29, 0.717) is 21.8 Å². The first-order chi connectivity index (χ1) is 10.4. The number of hydrogen-bond donors (Lipinski definition) is 0. The van der Waals surface area contributed by atoms with Crippen LogP contribution in [-0.2, 0) is 4.74 Å². The molecule has 2 aromatic rings. The summed E-state index contributed by atoms with van der Waals surface area (Å²) < 4.78 is 5.03. The van der Waals surface area contributed by atoms with Crippen LogP contribution in [0.1, 0.15) is 32.0 Å². The van der Waals surface area contributed by atoms with Crippen molar-refractivity contribution in [2.45, 2.75) is 13.8 Å². The first-order valence-electron chi connectivity index (χ1n) is 6.48. The number of carbonyl (C=O) groups is 2.